The van der Waals surface area contributed by atoms with Crippen molar-refractivity contribution in [2.45, 2.75) is 52.7 Å². The Kier molecular flexibility index (Phi) is 6.61. The van der Waals surface area contributed by atoms with Gasteiger partial charge in [-0.15, -0.1) is 0 Å². The van der Waals surface area contributed by atoms with Crippen molar-refractivity contribution in [3.8, 4) is 0 Å². The van der Waals surface area contributed by atoms with E-state index in [1.54, 1.807) is 7.11 Å². The number of carbonyl (C=O) groups is 1. The van der Waals surface area contributed by atoms with E-state index in [9.17, 15) is 4.79 Å². The number of fused-ring (bicyclic) bond motifs is 4. The first-order valence-corrected chi connectivity index (χ1v) is 11.0. The molecule has 4 nitrogen and oxygen atoms in total. The summed E-state index contributed by atoms with van der Waals surface area (Å²) in [5.41, 5.74) is 5.82. The van der Waals surface area contributed by atoms with Crippen LogP contribution in [0, 0.1) is 0 Å². The molecule has 0 aliphatic carbocycles. The SMILES string of the molecule is C=CC(=O)C(CC)(OC)C1=C(CC)C(=C)N2Cc3cc4ccccc4nc3C2=C1.CC. The molecule has 3 heterocycles. The lowest BCUT2D eigenvalue weighted by Crippen LogP contribution is -2.43. The molecule has 1 unspecified atom stereocenters. The maximum Gasteiger partial charge on any atom is 0.191 e. The number of methoxy groups -OCH3 is 1. The van der Waals surface area contributed by atoms with Crippen molar-refractivity contribution in [1.82, 2.24) is 9.88 Å². The van der Waals surface area contributed by atoms with Crippen LogP contribution in [0.3, 0.4) is 0 Å². The first-order valence-electron chi connectivity index (χ1n) is 11.0. The maximum atomic E-state index is 12.9. The van der Waals surface area contributed by atoms with Crippen LogP contribution >= 0.6 is 0 Å². The number of aromatic nitrogens is 1. The second kappa shape index (κ2) is 9.03. The molecule has 2 aliphatic rings. The average Bonchev–Trinajstić information content (AvgIpc) is 3.18. The fourth-order valence-electron chi connectivity index (χ4n) is 4.59. The zero-order chi connectivity index (χ0) is 22.8. The largest absolute Gasteiger partial charge is 0.365 e. The lowest BCUT2D eigenvalue weighted by atomic mass is 9.79. The fraction of sp³-hybridized carbons (Fsp3) is 0.333. The Hall–Kier alpha value is -2.98. The van der Waals surface area contributed by atoms with E-state index in [1.165, 1.54) is 11.6 Å². The molecular weight excluding hydrogens is 384 g/mol. The van der Waals surface area contributed by atoms with Crippen LogP contribution in [0.2, 0.25) is 0 Å². The van der Waals surface area contributed by atoms with Gasteiger partial charge in [-0.2, -0.15) is 0 Å². The summed E-state index contributed by atoms with van der Waals surface area (Å²) in [6, 6.07) is 10.3. The number of benzene rings is 1. The van der Waals surface area contributed by atoms with E-state index in [4.69, 9.17) is 9.72 Å². The summed E-state index contributed by atoms with van der Waals surface area (Å²) in [6.45, 7) is 16.9. The number of ether oxygens (including phenoxy) is 1. The number of rotatable bonds is 6. The first kappa shape index (κ1) is 22.7. The number of allylic oxidation sites excluding steroid dienone is 1. The number of pyridine rings is 1. The first-order chi connectivity index (χ1) is 15.0. The molecule has 0 fully saturated rings. The molecule has 1 aromatic carbocycles. The van der Waals surface area contributed by atoms with Gasteiger partial charge in [0, 0.05) is 23.8 Å². The van der Waals surface area contributed by atoms with E-state index in [0.717, 1.165) is 52.1 Å². The lowest BCUT2D eigenvalue weighted by molar-refractivity contribution is -0.131. The highest BCUT2D eigenvalue weighted by atomic mass is 16.5. The lowest BCUT2D eigenvalue weighted by Gasteiger charge is -2.38. The van der Waals surface area contributed by atoms with Gasteiger partial charge in [0.05, 0.1) is 23.5 Å². The molecule has 2 aliphatic heterocycles. The second-order valence-electron chi connectivity index (χ2n) is 7.45. The number of nitrogens with zero attached hydrogens (tertiary/aromatic N) is 2. The van der Waals surface area contributed by atoms with Crippen molar-refractivity contribution in [1.29, 1.82) is 0 Å². The van der Waals surface area contributed by atoms with Crippen LogP contribution in [0.25, 0.3) is 16.6 Å². The zero-order valence-corrected chi connectivity index (χ0v) is 19.3. The number of ketones is 1. The standard InChI is InChI=1S/C25H26N2O2.C2H6/c1-6-19-16(4)27-15-18-13-17-11-9-10-12-21(17)26-24(18)22(27)14-20(19)25(8-3,29-5)23(28)7-2;1-2/h7,9-14H,2,4,6,8,15H2,1,3,5H3;1-2H3. The molecule has 0 spiro atoms. The van der Waals surface area contributed by atoms with E-state index >= 15 is 0 Å². The molecular formula is C27H32N2O2. The van der Waals surface area contributed by atoms with Crippen LogP contribution < -0.4 is 0 Å². The maximum absolute atomic E-state index is 12.9. The van der Waals surface area contributed by atoms with Crippen LogP contribution in [-0.4, -0.2) is 28.4 Å². The predicted octanol–water partition coefficient (Wildman–Crippen LogP) is 6.20. The van der Waals surface area contributed by atoms with Crippen molar-refractivity contribution in [2.75, 3.05) is 7.11 Å². The molecule has 4 heteroatoms. The monoisotopic (exact) mass is 416 g/mol. The van der Waals surface area contributed by atoms with Gasteiger partial charge in [-0.25, -0.2) is 4.98 Å². The molecule has 162 valence electrons. The van der Waals surface area contributed by atoms with E-state index in [1.807, 2.05) is 39.0 Å². The molecule has 0 amide bonds. The highest BCUT2D eigenvalue weighted by molar-refractivity contribution is 6.01. The molecule has 1 atom stereocenters. The van der Waals surface area contributed by atoms with E-state index in [0.29, 0.717) is 6.42 Å². The molecule has 4 rings (SSSR count). The third-order valence-corrected chi connectivity index (χ3v) is 6.16. The van der Waals surface area contributed by atoms with Gasteiger partial charge in [0.1, 0.15) is 0 Å². The van der Waals surface area contributed by atoms with E-state index in [-0.39, 0.29) is 5.78 Å². The molecule has 31 heavy (non-hydrogen) atoms. The van der Waals surface area contributed by atoms with Gasteiger partial charge in [-0.05, 0) is 48.3 Å². The fourth-order valence-corrected chi connectivity index (χ4v) is 4.59. The smallest absolute Gasteiger partial charge is 0.191 e. The molecule has 0 radical (unpaired) electrons. The molecule has 0 saturated carbocycles. The van der Waals surface area contributed by atoms with Crippen molar-refractivity contribution in [2.24, 2.45) is 0 Å². The van der Waals surface area contributed by atoms with Crippen molar-refractivity contribution in [3.63, 3.8) is 0 Å². The number of para-hydroxylation sites is 1. The number of hydrogen-bond donors (Lipinski definition) is 0. The van der Waals surface area contributed by atoms with Gasteiger partial charge in [0.25, 0.3) is 0 Å². The molecule has 2 aromatic rings. The van der Waals surface area contributed by atoms with Gasteiger partial charge in [0.15, 0.2) is 11.4 Å². The molecule has 1 aromatic heterocycles. The van der Waals surface area contributed by atoms with E-state index < -0.39 is 5.60 Å². The average molecular weight is 417 g/mol. The van der Waals surface area contributed by atoms with Crippen molar-refractivity contribution in [3.05, 3.63) is 83.7 Å². The summed E-state index contributed by atoms with van der Waals surface area (Å²) in [4.78, 5) is 20.1. The Morgan fingerprint density at radius 3 is 2.61 bits per heavy atom. The Balaban J connectivity index is 0.00000132. The molecule has 0 bridgehead atoms. The summed E-state index contributed by atoms with van der Waals surface area (Å²) >= 11 is 0. The van der Waals surface area contributed by atoms with Crippen LogP contribution in [-0.2, 0) is 16.1 Å². The molecule has 0 saturated heterocycles. The minimum absolute atomic E-state index is 0.133. The Morgan fingerprint density at radius 2 is 2.00 bits per heavy atom. The van der Waals surface area contributed by atoms with Crippen molar-refractivity contribution >= 4 is 22.4 Å². The summed E-state index contributed by atoms with van der Waals surface area (Å²) in [5.74, 6) is -0.133. The second-order valence-corrected chi connectivity index (χ2v) is 7.45. The quantitative estimate of drug-likeness (QED) is 0.526. The zero-order valence-electron chi connectivity index (χ0n) is 19.3. The predicted molar refractivity (Wildman–Crippen MR) is 128 cm³/mol. The van der Waals surface area contributed by atoms with Gasteiger partial charge < -0.3 is 9.64 Å². The Bertz CT molecular complexity index is 1100. The number of carbonyl (C=O) groups excluding carboxylic acids is 1. The van der Waals surface area contributed by atoms with Gasteiger partial charge in [-0.3, -0.25) is 4.79 Å². The Labute approximate surface area is 185 Å². The summed E-state index contributed by atoms with van der Waals surface area (Å²) in [5, 5.41) is 1.13. The summed E-state index contributed by atoms with van der Waals surface area (Å²) in [6.07, 6.45) is 4.71. The Morgan fingerprint density at radius 1 is 1.29 bits per heavy atom. The van der Waals surface area contributed by atoms with Crippen molar-refractivity contribution < 1.29 is 9.53 Å². The highest BCUT2D eigenvalue weighted by Gasteiger charge is 2.43. The van der Waals surface area contributed by atoms with Crippen LogP contribution in [0.15, 0.2) is 72.5 Å². The van der Waals surface area contributed by atoms with Gasteiger partial charge in [-0.1, -0.05) is 59.1 Å². The van der Waals surface area contributed by atoms with Crippen LogP contribution in [0.1, 0.15) is 51.8 Å². The number of hydrogen-bond acceptors (Lipinski definition) is 4. The topological polar surface area (TPSA) is 42.4 Å². The van der Waals surface area contributed by atoms with Crippen LogP contribution in [0.4, 0.5) is 0 Å². The van der Waals surface area contributed by atoms with Crippen LogP contribution in [0.5, 0.6) is 0 Å². The minimum Gasteiger partial charge on any atom is -0.365 e. The third kappa shape index (κ3) is 3.45. The van der Waals surface area contributed by atoms with E-state index in [2.05, 4.69) is 43.2 Å². The molecule has 0 N–H and O–H groups in total. The third-order valence-electron chi connectivity index (χ3n) is 6.16. The van der Waals surface area contributed by atoms with Gasteiger partial charge >= 0.3 is 0 Å². The summed E-state index contributed by atoms with van der Waals surface area (Å²) < 4.78 is 5.86. The summed E-state index contributed by atoms with van der Waals surface area (Å²) in [7, 11) is 1.59. The van der Waals surface area contributed by atoms with Gasteiger partial charge in [0.2, 0.25) is 0 Å². The normalized spacial score (nSPS) is 16.7. The highest BCUT2D eigenvalue weighted by Crippen LogP contribution is 2.46. The minimum atomic E-state index is -1.06.